The number of β-amino-alcohol motifs (C(OH)–C–C–N with tert-alkyl or cyclic N) is 1. The van der Waals surface area contributed by atoms with E-state index in [2.05, 4.69) is 15.5 Å². The van der Waals surface area contributed by atoms with Crippen LogP contribution in [-0.4, -0.2) is 84.3 Å². The minimum absolute atomic E-state index is 0.0147. The van der Waals surface area contributed by atoms with Crippen molar-refractivity contribution in [1.82, 2.24) is 15.5 Å². The van der Waals surface area contributed by atoms with Gasteiger partial charge >= 0.3 is 6.09 Å². The fraction of sp³-hybridized carbons (Fsp3) is 0.750. The summed E-state index contributed by atoms with van der Waals surface area (Å²) < 4.78 is 30.7. The molecule has 0 spiro atoms. The van der Waals surface area contributed by atoms with E-state index in [9.17, 15) is 23.1 Å². The number of sulfone groups is 1. The molecule has 3 N–H and O–H groups in total. The van der Waals surface area contributed by atoms with E-state index < -0.39 is 39.4 Å². The summed E-state index contributed by atoms with van der Waals surface area (Å²) in [5.41, 5.74) is 0.581. The molecule has 1 aliphatic carbocycles. The normalized spacial score (nSPS) is 29.2. The van der Waals surface area contributed by atoms with E-state index in [0.29, 0.717) is 31.1 Å². The summed E-state index contributed by atoms with van der Waals surface area (Å²) in [4.78, 5) is 28.7. The highest BCUT2D eigenvalue weighted by atomic mass is 32.2. The number of alkyl carbamates (subject to hydrolysis) is 1. The van der Waals surface area contributed by atoms with Crippen LogP contribution in [0.1, 0.15) is 84.6 Å². The smallest absolute Gasteiger partial charge is 0.407 e. The van der Waals surface area contributed by atoms with Gasteiger partial charge in [0.2, 0.25) is 5.91 Å². The van der Waals surface area contributed by atoms with E-state index in [4.69, 9.17) is 4.74 Å². The molecule has 2 saturated heterocycles. The van der Waals surface area contributed by atoms with Gasteiger partial charge in [0.1, 0.15) is 6.10 Å². The lowest BCUT2D eigenvalue weighted by Crippen LogP contribution is -2.60. The molecule has 9 nitrogen and oxygen atoms in total. The molecule has 42 heavy (non-hydrogen) atoms. The van der Waals surface area contributed by atoms with E-state index in [-0.39, 0.29) is 36.2 Å². The summed E-state index contributed by atoms with van der Waals surface area (Å²) in [6.07, 6.45) is 4.84. The fourth-order valence-corrected chi connectivity index (χ4v) is 9.21. The lowest BCUT2D eigenvalue weighted by Gasteiger charge is -2.47. The first kappa shape index (κ1) is 32.7. The first-order valence-corrected chi connectivity index (χ1v) is 17.5. The van der Waals surface area contributed by atoms with Crippen molar-refractivity contribution in [2.24, 2.45) is 11.8 Å². The summed E-state index contributed by atoms with van der Waals surface area (Å²) in [5.74, 6) is 1.00. The average Bonchev–Trinajstić information content (AvgIpc) is 3.20. The van der Waals surface area contributed by atoms with Crippen LogP contribution in [0.5, 0.6) is 0 Å². The fourth-order valence-electron chi connectivity index (χ4n) is 7.10. The van der Waals surface area contributed by atoms with Crippen molar-refractivity contribution < 1.29 is 27.9 Å². The zero-order chi connectivity index (χ0) is 30.5. The molecular weight excluding hydrogens is 554 g/mol. The topological polar surface area (TPSA) is 125 Å². The molecule has 2 heterocycles. The molecule has 0 radical (unpaired) electrons. The van der Waals surface area contributed by atoms with Gasteiger partial charge in [0.25, 0.3) is 0 Å². The molecule has 10 heteroatoms. The van der Waals surface area contributed by atoms with Gasteiger partial charge in [-0.2, -0.15) is 0 Å². The van der Waals surface area contributed by atoms with Crippen LogP contribution in [0, 0.1) is 11.8 Å². The number of nitrogens with zero attached hydrogens (tertiary/aromatic N) is 1. The number of aliphatic hydroxyl groups excluding tert-OH is 1. The Labute approximate surface area is 252 Å². The monoisotopic (exact) mass is 605 g/mol. The number of carbonyl (C=O) groups excluding carboxylic acids is 2. The van der Waals surface area contributed by atoms with Crippen LogP contribution < -0.4 is 10.6 Å². The van der Waals surface area contributed by atoms with Crippen molar-refractivity contribution in [2.45, 2.75) is 121 Å². The maximum absolute atomic E-state index is 13.5. The maximum atomic E-state index is 13.5. The van der Waals surface area contributed by atoms with Gasteiger partial charge in [-0.25, -0.2) is 13.2 Å². The summed E-state index contributed by atoms with van der Waals surface area (Å²) in [6, 6.07) is 8.60. The first-order chi connectivity index (χ1) is 19.9. The van der Waals surface area contributed by atoms with E-state index in [1.807, 2.05) is 58.0 Å². The Bertz CT molecular complexity index is 1150. The molecule has 2 amide bonds. The number of nitrogens with one attached hydrogen (secondary N) is 2. The maximum Gasteiger partial charge on any atom is 0.407 e. The summed E-state index contributed by atoms with van der Waals surface area (Å²) in [5, 5.41) is 17.0. The quantitative estimate of drug-likeness (QED) is 0.370. The summed E-state index contributed by atoms with van der Waals surface area (Å²) in [6.45, 7) is 8.82. The van der Waals surface area contributed by atoms with Crippen molar-refractivity contribution in [2.75, 3.05) is 18.8 Å². The van der Waals surface area contributed by atoms with Gasteiger partial charge in [0.15, 0.2) is 9.84 Å². The standard InChI is InChI=1S/C32H51N3O6S/c1-5-11-29-28(16-17-42(29,39)40)41-31(38)33-25(18-22-12-7-6-8-13-22)27(36)21-35-20-24-15-10-9-14-23(24)19-26(35)30(37)34-32(2,3)4/h6-8,12-13,23-29,36H,5,9-11,14-21H2,1-4H3,(H,33,38)(H,34,37)/t23-,24+,25-,26-,27+,28+,29+/m0/s1. The highest BCUT2D eigenvalue weighted by molar-refractivity contribution is 7.92. The summed E-state index contributed by atoms with van der Waals surface area (Å²) in [7, 11) is -3.29. The third-order valence-corrected chi connectivity index (χ3v) is 11.5. The van der Waals surface area contributed by atoms with Gasteiger partial charge in [-0.15, -0.1) is 0 Å². The number of likely N-dealkylation sites (tertiary alicyclic amines) is 1. The zero-order valence-electron chi connectivity index (χ0n) is 25.8. The molecule has 236 valence electrons. The lowest BCUT2D eigenvalue weighted by molar-refractivity contribution is -0.132. The van der Waals surface area contributed by atoms with E-state index >= 15 is 0 Å². The Morgan fingerprint density at radius 3 is 2.45 bits per heavy atom. The molecule has 0 unspecified atom stereocenters. The highest BCUT2D eigenvalue weighted by Crippen LogP contribution is 2.39. The Kier molecular flexibility index (Phi) is 11.0. The number of amides is 2. The molecule has 0 bridgehead atoms. The van der Waals surface area contributed by atoms with Crippen LogP contribution in [-0.2, 0) is 25.8 Å². The number of carbonyl (C=O) groups is 2. The van der Waals surface area contributed by atoms with Crippen molar-refractivity contribution >= 4 is 21.8 Å². The number of fused-ring (bicyclic) bond motifs is 1. The lowest BCUT2D eigenvalue weighted by atomic mass is 9.72. The first-order valence-electron chi connectivity index (χ1n) is 15.8. The number of piperidine rings is 1. The van der Waals surface area contributed by atoms with Crippen LogP contribution in [0.3, 0.4) is 0 Å². The van der Waals surface area contributed by atoms with Crippen molar-refractivity contribution in [1.29, 1.82) is 0 Å². The number of ether oxygens (including phenoxy) is 1. The van der Waals surface area contributed by atoms with Crippen LogP contribution in [0.2, 0.25) is 0 Å². The Hall–Kier alpha value is -2.17. The largest absolute Gasteiger partial charge is 0.445 e. The Morgan fingerprint density at radius 2 is 1.79 bits per heavy atom. The highest BCUT2D eigenvalue weighted by Gasteiger charge is 2.43. The van der Waals surface area contributed by atoms with Crippen LogP contribution in [0.25, 0.3) is 0 Å². The molecule has 3 aliphatic rings. The summed E-state index contributed by atoms with van der Waals surface area (Å²) >= 11 is 0. The molecule has 1 aromatic carbocycles. The number of benzene rings is 1. The van der Waals surface area contributed by atoms with Gasteiger partial charge in [-0.05, 0) is 70.3 Å². The Morgan fingerprint density at radius 1 is 1.10 bits per heavy atom. The second-order valence-corrected chi connectivity index (χ2v) is 16.0. The van der Waals surface area contributed by atoms with E-state index in [0.717, 1.165) is 31.4 Å². The molecule has 1 saturated carbocycles. The molecule has 0 aromatic heterocycles. The van der Waals surface area contributed by atoms with Crippen molar-refractivity contribution in [3.05, 3.63) is 35.9 Å². The van der Waals surface area contributed by atoms with Crippen molar-refractivity contribution in [3.8, 4) is 0 Å². The van der Waals surface area contributed by atoms with Crippen LogP contribution >= 0.6 is 0 Å². The van der Waals surface area contributed by atoms with Gasteiger partial charge in [-0.1, -0.05) is 62.9 Å². The molecule has 3 fully saturated rings. The number of hydrogen-bond donors (Lipinski definition) is 3. The molecular formula is C32H51N3O6S. The van der Waals surface area contributed by atoms with Crippen LogP contribution in [0.4, 0.5) is 4.79 Å². The second kappa shape index (κ2) is 14.1. The molecule has 2 aliphatic heterocycles. The predicted octanol–water partition coefficient (Wildman–Crippen LogP) is 3.84. The van der Waals surface area contributed by atoms with E-state index in [1.54, 1.807) is 0 Å². The zero-order valence-corrected chi connectivity index (χ0v) is 26.6. The minimum Gasteiger partial charge on any atom is -0.445 e. The third kappa shape index (κ3) is 8.69. The molecule has 1 aromatic rings. The number of rotatable bonds is 10. The number of hydrogen-bond acceptors (Lipinski definition) is 7. The second-order valence-electron chi connectivity index (χ2n) is 13.7. The molecule has 7 atom stereocenters. The van der Waals surface area contributed by atoms with Crippen LogP contribution in [0.15, 0.2) is 30.3 Å². The van der Waals surface area contributed by atoms with E-state index in [1.165, 1.54) is 12.8 Å². The third-order valence-electron chi connectivity index (χ3n) is 9.19. The average molecular weight is 606 g/mol. The number of aliphatic hydroxyl groups is 1. The SMILES string of the molecule is CCC[C@@H]1[C@H](OC(=O)N[C@@H](Cc2ccccc2)[C@H](O)CN2C[C@H]3CCCC[C@H]3C[C@H]2C(=O)NC(C)(C)C)CCS1(=O)=O. The van der Waals surface area contributed by atoms with Gasteiger partial charge in [0.05, 0.1) is 29.2 Å². The molecule has 4 rings (SSSR count). The van der Waals surface area contributed by atoms with Gasteiger partial charge in [0, 0.05) is 18.6 Å². The predicted molar refractivity (Wildman–Crippen MR) is 164 cm³/mol. The minimum atomic E-state index is -3.29. The Balaban J connectivity index is 1.50. The van der Waals surface area contributed by atoms with Gasteiger partial charge < -0.3 is 20.5 Å². The van der Waals surface area contributed by atoms with Gasteiger partial charge in [-0.3, -0.25) is 9.69 Å². The van der Waals surface area contributed by atoms with Crippen molar-refractivity contribution in [3.63, 3.8) is 0 Å².